The lowest BCUT2D eigenvalue weighted by atomic mass is 9.97. The zero-order chi connectivity index (χ0) is 17.2. The van der Waals surface area contributed by atoms with Crippen molar-refractivity contribution in [3.63, 3.8) is 0 Å². The molecule has 0 unspecified atom stereocenters. The third-order valence-electron chi connectivity index (χ3n) is 4.41. The first-order chi connectivity index (χ1) is 11.5. The van der Waals surface area contributed by atoms with E-state index in [0.717, 1.165) is 41.9 Å². The number of carbonyl (C=O) groups is 1. The molecule has 2 aromatic rings. The number of nitrogens with two attached hydrogens (primary N) is 1. The first-order valence-electron chi connectivity index (χ1n) is 7.92. The lowest BCUT2D eigenvalue weighted by Crippen LogP contribution is -2.52. The van der Waals surface area contributed by atoms with Gasteiger partial charge in [-0.15, -0.1) is 36.2 Å². The van der Waals surface area contributed by atoms with Gasteiger partial charge in [-0.1, -0.05) is 36.0 Å². The van der Waals surface area contributed by atoms with Gasteiger partial charge in [-0.2, -0.15) is 0 Å². The molecule has 1 fully saturated rings. The van der Waals surface area contributed by atoms with Gasteiger partial charge in [-0.25, -0.2) is 4.98 Å². The van der Waals surface area contributed by atoms with Gasteiger partial charge < -0.3 is 11.1 Å². The van der Waals surface area contributed by atoms with Crippen molar-refractivity contribution < 1.29 is 4.79 Å². The van der Waals surface area contributed by atoms with Gasteiger partial charge in [0, 0.05) is 22.5 Å². The number of thiazole rings is 1. The maximum absolute atomic E-state index is 12.3. The van der Waals surface area contributed by atoms with Crippen LogP contribution in [0.3, 0.4) is 0 Å². The van der Waals surface area contributed by atoms with E-state index < -0.39 is 0 Å². The fourth-order valence-corrected chi connectivity index (χ4v) is 4.52. The fraction of sp³-hybridized carbons (Fsp3) is 0.412. The van der Waals surface area contributed by atoms with Crippen LogP contribution in [0.25, 0.3) is 10.6 Å². The number of hydrogen-bond donors (Lipinski definition) is 2. The van der Waals surface area contributed by atoms with Crippen LogP contribution < -0.4 is 11.1 Å². The number of nitrogens with zero attached hydrogens (tertiary/aromatic N) is 1. The minimum absolute atomic E-state index is 0. The van der Waals surface area contributed by atoms with E-state index in [4.69, 9.17) is 28.9 Å². The number of nitrogens with one attached hydrogen (secondary N) is 1. The van der Waals surface area contributed by atoms with Crippen molar-refractivity contribution >= 4 is 65.3 Å². The van der Waals surface area contributed by atoms with E-state index in [1.54, 1.807) is 12.1 Å². The van der Waals surface area contributed by atoms with Gasteiger partial charge in [0.1, 0.15) is 5.01 Å². The Labute approximate surface area is 179 Å². The Morgan fingerprint density at radius 2 is 1.96 bits per heavy atom. The molecule has 1 aromatic heterocycles. The summed E-state index contributed by atoms with van der Waals surface area (Å²) in [6, 6.07) is 5.31. The third kappa shape index (κ3) is 5.47. The highest BCUT2D eigenvalue weighted by Gasteiger charge is 2.33. The largest absolute Gasteiger partial charge is 0.349 e. The summed E-state index contributed by atoms with van der Waals surface area (Å²) in [7, 11) is 0. The van der Waals surface area contributed by atoms with Crippen LogP contribution in [0.4, 0.5) is 0 Å². The highest BCUT2D eigenvalue weighted by atomic mass is 35.5. The van der Waals surface area contributed by atoms with Gasteiger partial charge >= 0.3 is 0 Å². The van der Waals surface area contributed by atoms with Crippen LogP contribution in [0.5, 0.6) is 0 Å². The maximum Gasteiger partial charge on any atom is 0.226 e. The fourth-order valence-electron chi connectivity index (χ4n) is 3.11. The van der Waals surface area contributed by atoms with Gasteiger partial charge in [0.2, 0.25) is 5.91 Å². The number of aromatic nitrogens is 1. The van der Waals surface area contributed by atoms with E-state index in [1.807, 2.05) is 11.4 Å². The molecule has 0 atom stereocenters. The molecule has 1 amide bonds. The maximum atomic E-state index is 12.3. The molecule has 0 saturated heterocycles. The first-order valence-corrected chi connectivity index (χ1v) is 9.56. The Morgan fingerprint density at radius 1 is 1.27 bits per heavy atom. The normalized spacial score (nSPS) is 15.0. The second-order valence-electron chi connectivity index (χ2n) is 6.18. The lowest BCUT2D eigenvalue weighted by Gasteiger charge is -2.28. The van der Waals surface area contributed by atoms with E-state index >= 15 is 0 Å². The van der Waals surface area contributed by atoms with Crippen molar-refractivity contribution in [2.45, 2.75) is 37.6 Å². The molecule has 3 rings (SSSR count). The van der Waals surface area contributed by atoms with Gasteiger partial charge in [0.25, 0.3) is 0 Å². The number of rotatable bonds is 5. The van der Waals surface area contributed by atoms with Crippen molar-refractivity contribution in [2.24, 2.45) is 5.73 Å². The van der Waals surface area contributed by atoms with Gasteiger partial charge in [0.15, 0.2) is 0 Å². The Balaban J connectivity index is 0.00000169. The zero-order valence-electron chi connectivity index (χ0n) is 14.0. The summed E-state index contributed by atoms with van der Waals surface area (Å²) in [5.41, 5.74) is 7.20. The molecule has 4 nitrogen and oxygen atoms in total. The van der Waals surface area contributed by atoms with E-state index in [-0.39, 0.29) is 42.7 Å². The molecule has 0 aliphatic heterocycles. The summed E-state index contributed by atoms with van der Waals surface area (Å²) in [6.45, 7) is 0.488. The Bertz CT molecular complexity index is 747. The van der Waals surface area contributed by atoms with Crippen LogP contribution in [-0.4, -0.2) is 23.0 Å². The van der Waals surface area contributed by atoms with Crippen LogP contribution in [0.15, 0.2) is 23.6 Å². The Morgan fingerprint density at radius 3 is 2.58 bits per heavy atom. The second kappa shape index (κ2) is 10.1. The molecule has 1 saturated carbocycles. The molecule has 1 aliphatic carbocycles. The monoisotopic (exact) mass is 455 g/mol. The van der Waals surface area contributed by atoms with Gasteiger partial charge in [0.05, 0.1) is 22.7 Å². The summed E-state index contributed by atoms with van der Waals surface area (Å²) in [6.07, 6.45) is 4.40. The summed E-state index contributed by atoms with van der Waals surface area (Å²) in [4.78, 5) is 16.9. The van der Waals surface area contributed by atoms with Crippen molar-refractivity contribution in [1.82, 2.24) is 10.3 Å². The number of amides is 1. The average Bonchev–Trinajstić information content (AvgIpc) is 3.17. The van der Waals surface area contributed by atoms with Gasteiger partial charge in [-0.05, 0) is 31.0 Å². The highest BCUT2D eigenvalue weighted by Crippen LogP contribution is 2.33. The topological polar surface area (TPSA) is 68.0 Å². The van der Waals surface area contributed by atoms with E-state index in [1.165, 1.54) is 11.3 Å². The van der Waals surface area contributed by atoms with Crippen LogP contribution in [0.2, 0.25) is 10.0 Å². The molecular formula is C17H21Cl4N3OS. The zero-order valence-corrected chi connectivity index (χ0v) is 17.9. The highest BCUT2D eigenvalue weighted by molar-refractivity contribution is 7.13. The van der Waals surface area contributed by atoms with Crippen LogP contribution in [-0.2, 0) is 11.2 Å². The molecule has 144 valence electrons. The molecule has 26 heavy (non-hydrogen) atoms. The average molecular weight is 457 g/mol. The van der Waals surface area contributed by atoms with Crippen molar-refractivity contribution in [3.05, 3.63) is 39.3 Å². The van der Waals surface area contributed by atoms with Crippen LogP contribution in [0.1, 0.15) is 31.4 Å². The molecule has 0 radical (unpaired) electrons. The van der Waals surface area contributed by atoms with E-state index in [9.17, 15) is 4.79 Å². The Kier molecular flexibility index (Phi) is 9.13. The predicted molar refractivity (Wildman–Crippen MR) is 114 cm³/mol. The van der Waals surface area contributed by atoms with E-state index in [0.29, 0.717) is 16.6 Å². The Hall–Kier alpha value is -0.560. The van der Waals surface area contributed by atoms with Crippen LogP contribution in [0, 0.1) is 0 Å². The lowest BCUT2D eigenvalue weighted by molar-refractivity contribution is -0.122. The van der Waals surface area contributed by atoms with Crippen LogP contribution >= 0.6 is 59.4 Å². The van der Waals surface area contributed by atoms with E-state index in [2.05, 4.69) is 10.3 Å². The van der Waals surface area contributed by atoms with Crippen molar-refractivity contribution in [2.75, 3.05) is 6.54 Å². The minimum Gasteiger partial charge on any atom is -0.349 e. The number of halogens is 4. The summed E-state index contributed by atoms with van der Waals surface area (Å²) in [5, 5.41) is 6.94. The minimum atomic E-state index is -0.227. The first kappa shape index (κ1) is 23.5. The molecular weight excluding hydrogens is 436 g/mol. The number of hydrogen-bond acceptors (Lipinski definition) is 4. The third-order valence-corrected chi connectivity index (χ3v) is 5.88. The quantitative estimate of drug-likeness (QED) is 0.672. The number of carbonyl (C=O) groups excluding carboxylic acids is 1. The predicted octanol–water partition coefficient (Wildman–Crippen LogP) is 4.89. The smallest absolute Gasteiger partial charge is 0.226 e. The van der Waals surface area contributed by atoms with Gasteiger partial charge in [-0.3, -0.25) is 4.79 Å². The molecule has 3 N–H and O–H groups in total. The number of benzene rings is 1. The SMILES string of the molecule is Cl.Cl.NCC1(NC(=O)Cc2csc(-c3ccc(Cl)cc3Cl)n2)CCCC1. The standard InChI is InChI=1S/C17H19Cl2N3OS.2ClH/c18-11-3-4-13(14(19)7-11)16-21-12(9-24-16)8-15(23)22-17(10-20)5-1-2-6-17;;/h3-4,7,9H,1-2,5-6,8,10,20H2,(H,22,23);2*1H. The summed E-state index contributed by atoms with van der Waals surface area (Å²) in [5.74, 6) is -0.0265. The molecule has 1 heterocycles. The molecule has 0 bridgehead atoms. The second-order valence-corrected chi connectivity index (χ2v) is 7.89. The molecule has 0 spiro atoms. The summed E-state index contributed by atoms with van der Waals surface area (Å²) >= 11 is 13.6. The van der Waals surface area contributed by atoms with Crippen molar-refractivity contribution in [1.29, 1.82) is 0 Å². The van der Waals surface area contributed by atoms with Crippen molar-refractivity contribution in [3.8, 4) is 10.6 Å². The molecule has 9 heteroatoms. The summed E-state index contributed by atoms with van der Waals surface area (Å²) < 4.78 is 0. The molecule has 1 aromatic carbocycles. The molecule has 1 aliphatic rings.